The zero-order chi connectivity index (χ0) is 34.7. The van der Waals surface area contributed by atoms with Crippen molar-refractivity contribution in [1.29, 1.82) is 0 Å². The van der Waals surface area contributed by atoms with Crippen molar-refractivity contribution < 1.29 is 41.8 Å². The lowest BCUT2D eigenvalue weighted by atomic mass is 10.0. The van der Waals surface area contributed by atoms with Gasteiger partial charge >= 0.3 is 18.2 Å². The summed E-state index contributed by atoms with van der Waals surface area (Å²) in [6.07, 6.45) is -4.25. The molecule has 1 atom stereocenters. The van der Waals surface area contributed by atoms with Crippen LogP contribution < -0.4 is 16.2 Å². The van der Waals surface area contributed by atoms with Gasteiger partial charge in [0.25, 0.3) is 11.3 Å². The molecule has 0 aliphatic heterocycles. The van der Waals surface area contributed by atoms with Crippen LogP contribution >= 0.6 is 0 Å². The van der Waals surface area contributed by atoms with Gasteiger partial charge in [-0.2, -0.15) is 13.2 Å². The van der Waals surface area contributed by atoms with Crippen molar-refractivity contribution in [3.8, 4) is 11.4 Å². The van der Waals surface area contributed by atoms with Gasteiger partial charge in [-0.15, -0.1) is 0 Å². The van der Waals surface area contributed by atoms with E-state index in [0.29, 0.717) is 16.7 Å². The molecule has 3 aromatic carbocycles. The van der Waals surface area contributed by atoms with Crippen LogP contribution in [0.2, 0.25) is 0 Å². The van der Waals surface area contributed by atoms with Crippen LogP contribution in [0.5, 0.6) is 0 Å². The van der Waals surface area contributed by atoms with Crippen LogP contribution in [0.1, 0.15) is 21.5 Å². The lowest BCUT2D eigenvalue weighted by Crippen LogP contribution is -2.49. The fourth-order valence-corrected chi connectivity index (χ4v) is 4.43. The molecule has 0 saturated carbocycles. The van der Waals surface area contributed by atoms with Crippen LogP contribution in [0.25, 0.3) is 11.4 Å². The molecule has 0 spiro atoms. The number of alkyl halides is 3. The number of amides is 2. The smallest absolute Gasteiger partial charge is 0.452 e. The SMILES string of the molecule is C=CCOC(=O)c1ccc(COC(=O)Nc2cnc(-c3ccccc3)n(CC(=O)NC(Cc3ccccc3)C(=O)C(F)(F)F)c2=O)cc1. The Hall–Kier alpha value is -6.05. The molecule has 0 aliphatic rings. The molecule has 2 amide bonds. The second-order valence-electron chi connectivity index (χ2n) is 10.2. The van der Waals surface area contributed by atoms with Crippen LogP contribution in [-0.4, -0.2) is 52.1 Å². The third-order valence-electron chi connectivity index (χ3n) is 6.72. The molecule has 0 aliphatic carbocycles. The number of ketones is 1. The third kappa shape index (κ3) is 9.48. The minimum Gasteiger partial charge on any atom is -0.458 e. The number of rotatable bonds is 13. The maximum atomic E-state index is 13.5. The molecule has 0 radical (unpaired) electrons. The summed E-state index contributed by atoms with van der Waals surface area (Å²) in [4.78, 5) is 67.6. The van der Waals surface area contributed by atoms with Crippen LogP contribution in [0.4, 0.5) is 23.7 Å². The topological polar surface area (TPSA) is 146 Å². The average Bonchev–Trinajstić information content (AvgIpc) is 3.08. The molecular formula is C34H29F3N4O7. The summed E-state index contributed by atoms with van der Waals surface area (Å²) in [6.45, 7) is 2.44. The summed E-state index contributed by atoms with van der Waals surface area (Å²) in [5.74, 6) is -3.82. The van der Waals surface area contributed by atoms with Crippen molar-refractivity contribution in [1.82, 2.24) is 14.9 Å². The highest BCUT2D eigenvalue weighted by Crippen LogP contribution is 2.21. The van der Waals surface area contributed by atoms with E-state index in [2.05, 4.69) is 22.2 Å². The highest BCUT2D eigenvalue weighted by molar-refractivity contribution is 5.93. The Morgan fingerprint density at radius 1 is 0.896 bits per heavy atom. The fourth-order valence-electron chi connectivity index (χ4n) is 4.43. The Balaban J connectivity index is 1.52. The molecule has 48 heavy (non-hydrogen) atoms. The summed E-state index contributed by atoms with van der Waals surface area (Å²) in [6, 6.07) is 20.0. The van der Waals surface area contributed by atoms with Crippen LogP contribution in [-0.2, 0) is 38.6 Å². The van der Waals surface area contributed by atoms with Crippen molar-refractivity contribution in [3.63, 3.8) is 0 Å². The number of anilines is 1. The van der Waals surface area contributed by atoms with Gasteiger partial charge in [0.1, 0.15) is 37.3 Å². The van der Waals surface area contributed by atoms with Crippen molar-refractivity contribution in [3.05, 3.63) is 131 Å². The monoisotopic (exact) mass is 662 g/mol. The van der Waals surface area contributed by atoms with Crippen molar-refractivity contribution in [2.45, 2.75) is 31.8 Å². The zero-order valence-electron chi connectivity index (χ0n) is 25.2. The fraction of sp³-hybridized carbons (Fsp3) is 0.176. The maximum absolute atomic E-state index is 13.5. The van der Waals surface area contributed by atoms with Crippen molar-refractivity contribution >= 4 is 29.4 Å². The van der Waals surface area contributed by atoms with Gasteiger partial charge in [0.05, 0.1) is 11.8 Å². The van der Waals surface area contributed by atoms with Crippen molar-refractivity contribution in [2.24, 2.45) is 0 Å². The molecule has 1 unspecified atom stereocenters. The van der Waals surface area contributed by atoms with E-state index in [1.54, 1.807) is 48.5 Å². The Morgan fingerprint density at radius 2 is 1.54 bits per heavy atom. The molecule has 1 heterocycles. The maximum Gasteiger partial charge on any atom is 0.452 e. The molecule has 0 saturated heterocycles. The average molecular weight is 663 g/mol. The number of carbonyl (C=O) groups is 4. The van der Waals surface area contributed by atoms with Gasteiger partial charge in [-0.1, -0.05) is 85.5 Å². The molecule has 4 rings (SSSR count). The number of Topliss-reactive ketones (excluding diaryl/α,β-unsaturated/α-hetero) is 1. The predicted molar refractivity (Wildman–Crippen MR) is 168 cm³/mol. The molecule has 4 aromatic rings. The standard InChI is InChI=1S/C34H29F3N4O7/c1-2-17-47-32(45)25-15-13-23(14-16-25)21-48-33(46)40-27-19-38-30(24-11-7-4-8-12-24)41(31(27)44)20-28(42)39-26(29(43)34(35,36)37)18-22-9-5-3-6-10-22/h2-16,19,26H,1,17-18,20-21H2,(H,39,42)(H,40,46). The third-order valence-corrected chi connectivity index (χ3v) is 6.72. The summed E-state index contributed by atoms with van der Waals surface area (Å²) < 4.78 is 51.3. The minimum atomic E-state index is -5.23. The number of hydrogen-bond acceptors (Lipinski definition) is 8. The minimum absolute atomic E-state index is 0.0249. The number of halogens is 3. The number of esters is 1. The number of ether oxygens (including phenoxy) is 2. The second-order valence-corrected chi connectivity index (χ2v) is 10.2. The number of nitrogens with zero attached hydrogens (tertiary/aromatic N) is 2. The van der Waals surface area contributed by atoms with Gasteiger partial charge in [0.2, 0.25) is 5.91 Å². The molecule has 11 nitrogen and oxygen atoms in total. The van der Waals surface area contributed by atoms with Gasteiger partial charge in [0, 0.05) is 12.0 Å². The van der Waals surface area contributed by atoms with Crippen LogP contribution in [0, 0.1) is 0 Å². The van der Waals surface area contributed by atoms with Crippen LogP contribution in [0.15, 0.2) is 109 Å². The van der Waals surface area contributed by atoms with Gasteiger partial charge < -0.3 is 14.8 Å². The number of aromatic nitrogens is 2. The molecule has 14 heteroatoms. The Kier molecular flexibility index (Phi) is 11.6. The van der Waals surface area contributed by atoms with Gasteiger partial charge in [0.15, 0.2) is 0 Å². The molecule has 0 bridgehead atoms. The summed E-state index contributed by atoms with van der Waals surface area (Å²) in [5.41, 5.74) is 0.237. The summed E-state index contributed by atoms with van der Waals surface area (Å²) >= 11 is 0. The highest BCUT2D eigenvalue weighted by Gasteiger charge is 2.44. The first-order chi connectivity index (χ1) is 23.0. The largest absolute Gasteiger partial charge is 0.458 e. The Bertz CT molecular complexity index is 1830. The van der Waals surface area contributed by atoms with Gasteiger partial charge in [-0.05, 0) is 23.3 Å². The first kappa shape index (κ1) is 34.8. The lowest BCUT2D eigenvalue weighted by molar-refractivity contribution is -0.173. The Labute approximate surface area is 272 Å². The van der Waals surface area contributed by atoms with E-state index >= 15 is 0 Å². The molecule has 0 fully saturated rings. The van der Waals surface area contributed by atoms with E-state index in [9.17, 15) is 37.1 Å². The second kappa shape index (κ2) is 16.0. The Morgan fingerprint density at radius 3 is 2.17 bits per heavy atom. The lowest BCUT2D eigenvalue weighted by Gasteiger charge is -2.20. The first-order valence-electron chi connectivity index (χ1n) is 14.4. The highest BCUT2D eigenvalue weighted by atomic mass is 19.4. The molecule has 2 N–H and O–H groups in total. The number of hydrogen-bond donors (Lipinski definition) is 2. The molecule has 1 aromatic heterocycles. The normalized spacial score (nSPS) is 11.6. The van der Waals surface area contributed by atoms with Crippen molar-refractivity contribution in [2.75, 3.05) is 11.9 Å². The van der Waals surface area contributed by atoms with E-state index in [4.69, 9.17) is 9.47 Å². The van der Waals surface area contributed by atoms with E-state index < -0.39 is 54.5 Å². The molecule has 248 valence electrons. The van der Waals surface area contributed by atoms with E-state index in [-0.39, 0.29) is 30.3 Å². The summed E-state index contributed by atoms with van der Waals surface area (Å²) in [7, 11) is 0. The van der Waals surface area contributed by atoms with E-state index in [0.717, 1.165) is 10.8 Å². The number of nitrogens with one attached hydrogen (secondary N) is 2. The molecular weight excluding hydrogens is 633 g/mol. The quantitative estimate of drug-likeness (QED) is 0.153. The zero-order valence-corrected chi connectivity index (χ0v) is 25.2. The van der Waals surface area contributed by atoms with Crippen LogP contribution in [0.3, 0.4) is 0 Å². The van der Waals surface area contributed by atoms with Gasteiger partial charge in [-0.25, -0.2) is 14.6 Å². The summed E-state index contributed by atoms with van der Waals surface area (Å²) in [5, 5.41) is 4.37. The number of carbonyl (C=O) groups excluding carboxylic acids is 4. The van der Waals surface area contributed by atoms with E-state index in [1.807, 2.05) is 0 Å². The van der Waals surface area contributed by atoms with Gasteiger partial charge in [-0.3, -0.25) is 24.3 Å². The van der Waals surface area contributed by atoms with E-state index in [1.165, 1.54) is 42.5 Å². The first-order valence-corrected chi connectivity index (χ1v) is 14.4. The number of benzene rings is 3. The predicted octanol–water partition coefficient (Wildman–Crippen LogP) is 4.86.